The summed E-state index contributed by atoms with van der Waals surface area (Å²) in [5.74, 6) is -1.39. The van der Waals surface area contributed by atoms with Gasteiger partial charge < -0.3 is 10.4 Å². The number of anilines is 1. The molecule has 1 aliphatic carbocycles. The Morgan fingerprint density at radius 1 is 1.04 bits per heavy atom. The first-order valence-electron chi connectivity index (χ1n) is 8.04. The molecule has 2 aromatic rings. The van der Waals surface area contributed by atoms with Crippen molar-refractivity contribution in [3.05, 3.63) is 59.2 Å². The number of rotatable bonds is 6. The molecule has 8 heteroatoms. The van der Waals surface area contributed by atoms with E-state index in [2.05, 4.69) is 10.0 Å². The number of carbonyl (C=O) groups excluding carboxylic acids is 1. The van der Waals surface area contributed by atoms with Crippen LogP contribution in [-0.4, -0.2) is 31.4 Å². The van der Waals surface area contributed by atoms with Crippen LogP contribution in [0.3, 0.4) is 0 Å². The minimum Gasteiger partial charge on any atom is -0.478 e. The Labute approximate surface area is 151 Å². The van der Waals surface area contributed by atoms with E-state index in [0.717, 1.165) is 18.9 Å². The topological polar surface area (TPSA) is 113 Å². The Balaban J connectivity index is 1.80. The van der Waals surface area contributed by atoms with Crippen LogP contribution in [0.1, 0.15) is 39.1 Å². The lowest BCUT2D eigenvalue weighted by molar-refractivity contribution is 0.0696. The predicted molar refractivity (Wildman–Crippen MR) is 95.9 cm³/mol. The van der Waals surface area contributed by atoms with Gasteiger partial charge in [0.1, 0.15) is 0 Å². The molecule has 1 fully saturated rings. The lowest BCUT2D eigenvalue weighted by Gasteiger charge is -2.11. The Hall–Kier alpha value is -2.87. The third-order valence-electron chi connectivity index (χ3n) is 4.04. The van der Waals surface area contributed by atoms with Crippen LogP contribution in [-0.2, 0) is 10.0 Å². The lowest BCUT2D eigenvalue weighted by atomic mass is 10.1. The number of nitrogens with one attached hydrogen (secondary N) is 2. The van der Waals surface area contributed by atoms with E-state index < -0.39 is 16.0 Å². The fraction of sp³-hybridized carbons (Fsp3) is 0.222. The second-order valence-corrected chi connectivity index (χ2v) is 7.87. The number of carboxylic acids is 1. The predicted octanol–water partition coefficient (Wildman–Crippen LogP) is 2.39. The zero-order valence-electron chi connectivity index (χ0n) is 14.0. The Bertz CT molecular complexity index is 964. The molecule has 1 amide bonds. The minimum absolute atomic E-state index is 0.104. The maximum Gasteiger partial charge on any atom is 0.335 e. The molecule has 1 saturated carbocycles. The molecule has 7 nitrogen and oxygen atoms in total. The molecule has 3 N–H and O–H groups in total. The van der Waals surface area contributed by atoms with Crippen LogP contribution in [0.15, 0.2) is 47.4 Å². The summed E-state index contributed by atoms with van der Waals surface area (Å²) in [6, 6.07) is 10.2. The third-order valence-corrected chi connectivity index (χ3v) is 5.56. The summed E-state index contributed by atoms with van der Waals surface area (Å²) in [4.78, 5) is 22.9. The van der Waals surface area contributed by atoms with Gasteiger partial charge in [-0.3, -0.25) is 9.52 Å². The smallest absolute Gasteiger partial charge is 0.335 e. The largest absolute Gasteiger partial charge is 0.478 e. The van der Waals surface area contributed by atoms with Crippen LogP contribution < -0.4 is 10.0 Å². The highest BCUT2D eigenvalue weighted by molar-refractivity contribution is 7.92. The number of aryl methyl sites for hydroxylation is 1. The second kappa shape index (κ2) is 6.80. The van der Waals surface area contributed by atoms with Gasteiger partial charge in [0.25, 0.3) is 15.9 Å². The molecular formula is C18H18N2O5S. The summed E-state index contributed by atoms with van der Waals surface area (Å²) in [5, 5.41) is 11.9. The monoisotopic (exact) mass is 374 g/mol. The van der Waals surface area contributed by atoms with E-state index in [1.165, 1.54) is 36.4 Å². The normalized spacial score (nSPS) is 13.9. The van der Waals surface area contributed by atoms with E-state index in [1.54, 1.807) is 6.92 Å². The first-order chi connectivity index (χ1) is 12.3. The van der Waals surface area contributed by atoms with Crippen molar-refractivity contribution in [1.82, 2.24) is 5.32 Å². The summed E-state index contributed by atoms with van der Waals surface area (Å²) >= 11 is 0. The highest BCUT2D eigenvalue weighted by Crippen LogP contribution is 2.22. The van der Waals surface area contributed by atoms with Gasteiger partial charge in [-0.2, -0.15) is 0 Å². The fourth-order valence-electron chi connectivity index (χ4n) is 2.42. The maximum absolute atomic E-state index is 12.6. The van der Waals surface area contributed by atoms with Gasteiger partial charge in [0.2, 0.25) is 0 Å². The lowest BCUT2D eigenvalue weighted by Crippen LogP contribution is -2.25. The van der Waals surface area contributed by atoms with Crippen molar-refractivity contribution in [1.29, 1.82) is 0 Å². The van der Waals surface area contributed by atoms with E-state index in [1.807, 2.05) is 0 Å². The van der Waals surface area contributed by atoms with Crippen molar-refractivity contribution in [3.8, 4) is 0 Å². The van der Waals surface area contributed by atoms with Crippen molar-refractivity contribution in [2.75, 3.05) is 4.72 Å². The van der Waals surface area contributed by atoms with Crippen molar-refractivity contribution in [2.24, 2.45) is 0 Å². The number of carbonyl (C=O) groups is 2. The van der Waals surface area contributed by atoms with E-state index in [4.69, 9.17) is 5.11 Å². The third kappa shape index (κ3) is 4.02. The number of hydrogen-bond donors (Lipinski definition) is 3. The molecule has 3 rings (SSSR count). The highest BCUT2D eigenvalue weighted by atomic mass is 32.2. The Morgan fingerprint density at radius 3 is 2.23 bits per heavy atom. The average Bonchev–Trinajstić information content (AvgIpc) is 3.39. The van der Waals surface area contributed by atoms with Crippen LogP contribution in [0.2, 0.25) is 0 Å². The van der Waals surface area contributed by atoms with Gasteiger partial charge in [-0.1, -0.05) is 6.07 Å². The highest BCUT2D eigenvalue weighted by Gasteiger charge is 2.24. The van der Waals surface area contributed by atoms with Gasteiger partial charge in [0, 0.05) is 17.3 Å². The maximum atomic E-state index is 12.6. The van der Waals surface area contributed by atoms with Crippen LogP contribution in [0.25, 0.3) is 0 Å². The van der Waals surface area contributed by atoms with Gasteiger partial charge in [-0.25, -0.2) is 13.2 Å². The van der Waals surface area contributed by atoms with Gasteiger partial charge in [0.05, 0.1) is 10.5 Å². The number of benzene rings is 2. The standard InChI is InChI=1S/C18H18N2O5S/c1-11-2-3-13(18(22)23)10-16(11)26(24,25)20-15-6-4-12(5-7-15)17(21)19-14-8-9-14/h2-7,10,14,20H,8-9H2,1H3,(H,19,21)(H,22,23). The van der Waals surface area contributed by atoms with E-state index in [-0.39, 0.29) is 28.1 Å². The van der Waals surface area contributed by atoms with E-state index in [9.17, 15) is 18.0 Å². The van der Waals surface area contributed by atoms with E-state index in [0.29, 0.717) is 11.1 Å². The molecule has 0 unspecified atom stereocenters. The molecule has 2 aromatic carbocycles. The van der Waals surface area contributed by atoms with Crippen molar-refractivity contribution in [2.45, 2.75) is 30.7 Å². The SMILES string of the molecule is Cc1ccc(C(=O)O)cc1S(=O)(=O)Nc1ccc(C(=O)NC2CC2)cc1. The summed E-state index contributed by atoms with van der Waals surface area (Å²) in [5.41, 5.74) is 1.06. The molecule has 0 aliphatic heterocycles. The minimum atomic E-state index is -3.96. The quantitative estimate of drug-likeness (QED) is 0.719. The summed E-state index contributed by atoms with van der Waals surface area (Å²) in [6.45, 7) is 1.59. The number of carboxylic acid groups (broad SMARTS) is 1. The number of sulfonamides is 1. The first-order valence-corrected chi connectivity index (χ1v) is 9.52. The molecule has 0 heterocycles. The zero-order chi connectivity index (χ0) is 18.9. The molecular weight excluding hydrogens is 356 g/mol. The summed E-state index contributed by atoms with van der Waals surface area (Å²) in [7, 11) is -3.96. The van der Waals surface area contributed by atoms with Crippen LogP contribution in [0.4, 0.5) is 5.69 Å². The number of amides is 1. The van der Waals surface area contributed by atoms with Gasteiger partial charge in [-0.15, -0.1) is 0 Å². The van der Waals surface area contributed by atoms with E-state index >= 15 is 0 Å². The van der Waals surface area contributed by atoms with Gasteiger partial charge in [-0.05, 0) is 61.7 Å². The van der Waals surface area contributed by atoms with Crippen molar-refractivity contribution in [3.63, 3.8) is 0 Å². The van der Waals surface area contributed by atoms with Gasteiger partial charge in [0.15, 0.2) is 0 Å². The van der Waals surface area contributed by atoms with Crippen molar-refractivity contribution < 1.29 is 23.1 Å². The van der Waals surface area contributed by atoms with Gasteiger partial charge >= 0.3 is 5.97 Å². The summed E-state index contributed by atoms with van der Waals surface area (Å²) in [6.07, 6.45) is 1.97. The van der Waals surface area contributed by atoms with Crippen LogP contribution >= 0.6 is 0 Å². The first kappa shape index (κ1) is 17.9. The fourth-order valence-corrected chi connectivity index (χ4v) is 3.75. The average molecular weight is 374 g/mol. The molecule has 0 atom stereocenters. The molecule has 0 aromatic heterocycles. The molecule has 0 saturated heterocycles. The molecule has 0 radical (unpaired) electrons. The molecule has 1 aliphatic rings. The molecule has 0 bridgehead atoms. The Morgan fingerprint density at radius 2 is 1.65 bits per heavy atom. The van der Waals surface area contributed by atoms with Crippen LogP contribution in [0.5, 0.6) is 0 Å². The number of hydrogen-bond acceptors (Lipinski definition) is 4. The zero-order valence-corrected chi connectivity index (χ0v) is 14.8. The van der Waals surface area contributed by atoms with Crippen molar-refractivity contribution >= 4 is 27.6 Å². The molecule has 0 spiro atoms. The molecule has 136 valence electrons. The summed E-state index contributed by atoms with van der Waals surface area (Å²) < 4.78 is 27.6. The molecule has 26 heavy (non-hydrogen) atoms. The second-order valence-electron chi connectivity index (χ2n) is 6.22. The number of aromatic carboxylic acids is 1. The Kier molecular flexibility index (Phi) is 4.69. The van der Waals surface area contributed by atoms with Crippen LogP contribution in [0, 0.1) is 6.92 Å².